The molecular weight excluding hydrogens is 272 g/mol. The van der Waals surface area contributed by atoms with Gasteiger partial charge in [0.2, 0.25) is 0 Å². The molecule has 1 fully saturated rings. The molecule has 0 saturated carbocycles. The summed E-state index contributed by atoms with van der Waals surface area (Å²) >= 11 is 6.19. The van der Waals surface area contributed by atoms with Crippen molar-refractivity contribution in [2.45, 2.75) is 0 Å². The molecule has 0 bridgehead atoms. The Labute approximate surface area is 113 Å². The first kappa shape index (κ1) is 12.7. The Hall–Kier alpha value is -1.73. The molecular formula is C11H8N2O3S2. The summed E-state index contributed by atoms with van der Waals surface area (Å²) in [7, 11) is 1.60. The van der Waals surface area contributed by atoms with Gasteiger partial charge in [-0.05, 0) is 11.6 Å². The maximum Gasteiger partial charge on any atom is 0.270 e. The van der Waals surface area contributed by atoms with Gasteiger partial charge < -0.3 is 0 Å². The molecule has 0 unspecified atom stereocenters. The first-order valence-corrected chi connectivity index (χ1v) is 6.17. The SMILES string of the molecule is CN1C(=O)C(=Cc2cccc([N+](=O)[O-])c2)SC1=S. The highest BCUT2D eigenvalue weighted by atomic mass is 32.2. The van der Waals surface area contributed by atoms with Crippen LogP contribution in [0.2, 0.25) is 0 Å². The average Bonchev–Trinajstić information content (AvgIpc) is 2.57. The fraction of sp³-hybridized carbons (Fsp3) is 0.0909. The Morgan fingerprint density at radius 1 is 1.50 bits per heavy atom. The van der Waals surface area contributed by atoms with Crippen LogP contribution in [0.3, 0.4) is 0 Å². The Bertz CT molecular complexity index is 583. The normalized spacial score (nSPS) is 17.6. The van der Waals surface area contributed by atoms with Crippen LogP contribution in [-0.2, 0) is 4.79 Å². The monoisotopic (exact) mass is 280 g/mol. The largest absolute Gasteiger partial charge is 0.296 e. The van der Waals surface area contributed by atoms with Crippen molar-refractivity contribution in [3.63, 3.8) is 0 Å². The maximum atomic E-state index is 11.8. The Morgan fingerprint density at radius 2 is 2.22 bits per heavy atom. The molecule has 2 rings (SSSR count). The highest BCUT2D eigenvalue weighted by Crippen LogP contribution is 2.31. The van der Waals surface area contributed by atoms with Gasteiger partial charge in [0.25, 0.3) is 11.6 Å². The molecule has 7 heteroatoms. The summed E-state index contributed by atoms with van der Waals surface area (Å²) < 4.78 is 0.483. The molecule has 5 nitrogen and oxygen atoms in total. The van der Waals surface area contributed by atoms with Gasteiger partial charge in [0, 0.05) is 19.2 Å². The number of nitro groups is 1. The smallest absolute Gasteiger partial charge is 0.270 e. The summed E-state index contributed by atoms with van der Waals surface area (Å²) in [5.74, 6) is -0.184. The Balaban J connectivity index is 2.34. The van der Waals surface area contributed by atoms with E-state index >= 15 is 0 Å². The number of nitrogens with zero attached hydrogens (tertiary/aromatic N) is 2. The predicted molar refractivity (Wildman–Crippen MR) is 74.0 cm³/mol. The zero-order valence-electron chi connectivity index (χ0n) is 9.32. The number of likely N-dealkylation sites (N-methyl/N-ethyl adjacent to an activating group) is 1. The number of non-ortho nitro benzene ring substituents is 1. The molecule has 0 atom stereocenters. The molecule has 0 radical (unpaired) electrons. The van der Waals surface area contributed by atoms with Crippen LogP contribution in [0.25, 0.3) is 6.08 Å². The lowest BCUT2D eigenvalue weighted by atomic mass is 10.2. The van der Waals surface area contributed by atoms with Gasteiger partial charge in [0.05, 0.1) is 9.83 Å². The second-order valence-corrected chi connectivity index (χ2v) is 5.27. The summed E-state index contributed by atoms with van der Waals surface area (Å²) in [6, 6.07) is 6.11. The van der Waals surface area contributed by atoms with Crippen molar-refractivity contribution < 1.29 is 9.72 Å². The van der Waals surface area contributed by atoms with Crippen molar-refractivity contribution >= 4 is 46.0 Å². The number of nitro benzene ring substituents is 1. The van der Waals surface area contributed by atoms with Crippen molar-refractivity contribution in [1.29, 1.82) is 0 Å². The molecule has 0 aromatic heterocycles. The van der Waals surface area contributed by atoms with Crippen molar-refractivity contribution in [1.82, 2.24) is 4.90 Å². The molecule has 1 amide bonds. The van der Waals surface area contributed by atoms with Gasteiger partial charge in [0.15, 0.2) is 0 Å². The van der Waals surface area contributed by atoms with Crippen molar-refractivity contribution in [2.75, 3.05) is 7.05 Å². The van der Waals surface area contributed by atoms with Crippen molar-refractivity contribution in [3.05, 3.63) is 44.8 Å². The van der Waals surface area contributed by atoms with Crippen LogP contribution in [0.4, 0.5) is 5.69 Å². The fourth-order valence-electron chi connectivity index (χ4n) is 1.43. The summed E-state index contributed by atoms with van der Waals surface area (Å²) in [6.45, 7) is 0. The predicted octanol–water partition coefficient (Wildman–Crippen LogP) is 2.43. The molecule has 1 aliphatic rings. The van der Waals surface area contributed by atoms with Crippen molar-refractivity contribution in [3.8, 4) is 0 Å². The summed E-state index contributed by atoms with van der Waals surface area (Å²) in [5.41, 5.74) is 0.605. The number of thioether (sulfide) groups is 1. The number of hydrogen-bond donors (Lipinski definition) is 0. The van der Waals surface area contributed by atoms with E-state index in [1.165, 1.54) is 28.8 Å². The Morgan fingerprint density at radius 3 is 2.78 bits per heavy atom. The third kappa shape index (κ3) is 2.41. The lowest BCUT2D eigenvalue weighted by molar-refractivity contribution is -0.384. The van der Waals surface area contributed by atoms with Gasteiger partial charge >= 0.3 is 0 Å². The zero-order valence-corrected chi connectivity index (χ0v) is 11.0. The first-order valence-electron chi connectivity index (χ1n) is 4.95. The third-order valence-corrected chi connectivity index (χ3v) is 3.85. The van der Waals surface area contributed by atoms with Crippen LogP contribution in [0, 0.1) is 10.1 Å². The summed E-state index contributed by atoms with van der Waals surface area (Å²) in [6.07, 6.45) is 1.61. The van der Waals surface area contributed by atoms with E-state index in [1.54, 1.807) is 25.3 Å². The molecule has 92 valence electrons. The number of thiocarbonyl (C=S) groups is 1. The molecule has 0 N–H and O–H groups in total. The lowest BCUT2D eigenvalue weighted by Gasteiger charge is -2.03. The topological polar surface area (TPSA) is 63.5 Å². The van der Waals surface area contributed by atoms with Gasteiger partial charge in [-0.1, -0.05) is 36.1 Å². The van der Waals surface area contributed by atoms with E-state index in [0.29, 0.717) is 14.8 Å². The second-order valence-electron chi connectivity index (χ2n) is 3.59. The van der Waals surface area contributed by atoms with E-state index in [2.05, 4.69) is 0 Å². The quantitative estimate of drug-likeness (QED) is 0.360. The lowest BCUT2D eigenvalue weighted by Crippen LogP contribution is -2.22. The summed E-state index contributed by atoms with van der Waals surface area (Å²) in [5, 5.41) is 10.6. The van der Waals surface area contributed by atoms with E-state index in [9.17, 15) is 14.9 Å². The van der Waals surface area contributed by atoms with E-state index in [4.69, 9.17) is 12.2 Å². The van der Waals surface area contributed by atoms with E-state index < -0.39 is 4.92 Å². The van der Waals surface area contributed by atoms with Crippen LogP contribution < -0.4 is 0 Å². The standard InChI is InChI=1S/C11H8N2O3S2/c1-12-10(14)9(18-11(12)17)6-7-3-2-4-8(5-7)13(15)16/h2-6H,1H3. The number of carbonyl (C=O) groups excluding carboxylic acids is 1. The molecule has 0 spiro atoms. The van der Waals surface area contributed by atoms with Crippen LogP contribution >= 0.6 is 24.0 Å². The second kappa shape index (κ2) is 4.87. The minimum atomic E-state index is -0.470. The Kier molecular flexibility index (Phi) is 3.44. The third-order valence-electron chi connectivity index (χ3n) is 2.37. The average molecular weight is 280 g/mol. The van der Waals surface area contributed by atoms with Crippen LogP contribution in [0.5, 0.6) is 0 Å². The zero-order chi connectivity index (χ0) is 13.3. The van der Waals surface area contributed by atoms with Gasteiger partial charge in [-0.3, -0.25) is 19.8 Å². The van der Waals surface area contributed by atoms with Crippen LogP contribution in [-0.4, -0.2) is 27.1 Å². The molecule has 1 saturated heterocycles. The van der Waals surface area contributed by atoms with Gasteiger partial charge in [-0.15, -0.1) is 0 Å². The molecule has 1 aromatic rings. The first-order chi connectivity index (χ1) is 8.49. The highest BCUT2D eigenvalue weighted by molar-refractivity contribution is 8.26. The molecule has 1 aromatic carbocycles. The van der Waals surface area contributed by atoms with Crippen LogP contribution in [0.1, 0.15) is 5.56 Å². The molecule has 1 aliphatic heterocycles. The molecule has 1 heterocycles. The fourth-order valence-corrected chi connectivity index (χ4v) is 2.60. The number of benzene rings is 1. The molecule has 0 aliphatic carbocycles. The maximum absolute atomic E-state index is 11.8. The minimum absolute atomic E-state index is 0.00396. The minimum Gasteiger partial charge on any atom is -0.296 e. The molecule has 18 heavy (non-hydrogen) atoms. The van der Waals surface area contributed by atoms with Gasteiger partial charge in [-0.25, -0.2) is 0 Å². The summed E-state index contributed by atoms with van der Waals surface area (Å²) in [4.78, 5) is 23.8. The van der Waals surface area contributed by atoms with E-state index in [1.807, 2.05) is 0 Å². The highest BCUT2D eigenvalue weighted by Gasteiger charge is 2.28. The number of hydrogen-bond acceptors (Lipinski definition) is 5. The number of amides is 1. The number of carbonyl (C=O) groups is 1. The number of rotatable bonds is 2. The van der Waals surface area contributed by atoms with Crippen molar-refractivity contribution in [2.24, 2.45) is 0 Å². The van der Waals surface area contributed by atoms with Gasteiger partial charge in [0.1, 0.15) is 4.32 Å². The van der Waals surface area contributed by atoms with E-state index in [0.717, 1.165) is 0 Å². The van der Waals surface area contributed by atoms with E-state index in [-0.39, 0.29) is 11.6 Å². The van der Waals surface area contributed by atoms with Gasteiger partial charge in [-0.2, -0.15) is 0 Å². The van der Waals surface area contributed by atoms with Crippen LogP contribution in [0.15, 0.2) is 29.2 Å².